The molecule has 0 aliphatic heterocycles. The summed E-state index contributed by atoms with van der Waals surface area (Å²) in [6, 6.07) is 1.11. The number of aryl methyl sites for hydroxylation is 1. The van der Waals surface area contributed by atoms with Gasteiger partial charge in [-0.1, -0.05) is 0 Å². The van der Waals surface area contributed by atoms with Gasteiger partial charge in [-0.05, 0) is 56.8 Å². The average Bonchev–Trinajstić information content (AvgIpc) is 2.77. The van der Waals surface area contributed by atoms with E-state index in [1.807, 2.05) is 0 Å². The highest BCUT2D eigenvalue weighted by Crippen LogP contribution is 2.65. The molecule has 3 fully saturated rings. The first-order valence-corrected chi connectivity index (χ1v) is 7.29. The second-order valence-corrected chi connectivity index (χ2v) is 6.43. The highest BCUT2D eigenvalue weighted by molar-refractivity contribution is 5.20. The maximum absolute atomic E-state index is 4.48. The Balaban J connectivity index is 1.46. The first-order chi connectivity index (χ1) is 8.75. The summed E-state index contributed by atoms with van der Waals surface area (Å²) < 4.78 is 0. The molecular weight excluding hydrogens is 222 g/mol. The van der Waals surface area contributed by atoms with Crippen molar-refractivity contribution in [3.05, 3.63) is 23.8 Å². The van der Waals surface area contributed by atoms with Gasteiger partial charge in [0.15, 0.2) is 0 Å². The molecule has 96 valence electrons. The number of nitrogens with one attached hydrogen (secondary N) is 1. The number of rotatable bonds is 3. The first kappa shape index (κ1) is 10.9. The van der Waals surface area contributed by atoms with E-state index in [9.17, 15) is 0 Å². The lowest BCUT2D eigenvalue weighted by Gasteiger charge is -2.17. The molecule has 18 heavy (non-hydrogen) atoms. The fourth-order valence-corrected chi connectivity index (χ4v) is 4.76. The van der Waals surface area contributed by atoms with Crippen LogP contribution in [-0.2, 0) is 0 Å². The number of nitrogens with zero attached hydrogens (tertiary/aromatic N) is 2. The van der Waals surface area contributed by atoms with Crippen molar-refractivity contribution >= 4 is 0 Å². The van der Waals surface area contributed by atoms with Crippen LogP contribution in [0.1, 0.15) is 43.6 Å². The molecule has 0 saturated heterocycles. The molecule has 1 aromatic heterocycles. The lowest BCUT2D eigenvalue weighted by atomic mass is 10.0. The molecule has 3 nitrogen and oxygen atoms in total. The Bertz CT molecular complexity index is 457. The Morgan fingerprint density at radius 2 is 1.83 bits per heavy atom. The molecule has 0 amide bonds. The van der Waals surface area contributed by atoms with E-state index >= 15 is 0 Å². The summed E-state index contributed by atoms with van der Waals surface area (Å²) in [5.41, 5.74) is 2.18. The van der Waals surface area contributed by atoms with E-state index < -0.39 is 0 Å². The van der Waals surface area contributed by atoms with Crippen LogP contribution < -0.4 is 5.32 Å². The molecule has 0 radical (unpaired) electrons. The Labute approximate surface area is 108 Å². The minimum atomic E-state index is 0.341. The Kier molecular flexibility index (Phi) is 2.28. The van der Waals surface area contributed by atoms with Crippen LogP contribution in [0.5, 0.6) is 0 Å². The third-order valence-electron chi connectivity index (χ3n) is 5.51. The van der Waals surface area contributed by atoms with Gasteiger partial charge in [-0.25, -0.2) is 0 Å². The van der Waals surface area contributed by atoms with Crippen LogP contribution >= 0.6 is 0 Å². The summed E-state index contributed by atoms with van der Waals surface area (Å²) in [7, 11) is 0. The van der Waals surface area contributed by atoms with Gasteiger partial charge in [-0.15, -0.1) is 0 Å². The summed E-state index contributed by atoms with van der Waals surface area (Å²) in [6.07, 6.45) is 8.08. The van der Waals surface area contributed by atoms with Crippen LogP contribution in [0.3, 0.4) is 0 Å². The molecule has 3 saturated carbocycles. The minimum Gasteiger partial charge on any atom is -0.305 e. The van der Waals surface area contributed by atoms with Gasteiger partial charge < -0.3 is 5.32 Å². The number of aromatic nitrogens is 2. The number of hydrogen-bond acceptors (Lipinski definition) is 3. The van der Waals surface area contributed by atoms with Crippen LogP contribution in [0.4, 0.5) is 0 Å². The van der Waals surface area contributed by atoms with Crippen LogP contribution in [0.25, 0.3) is 0 Å². The van der Waals surface area contributed by atoms with Crippen molar-refractivity contribution in [1.29, 1.82) is 0 Å². The number of hydrogen-bond donors (Lipinski definition) is 1. The maximum atomic E-state index is 4.48. The summed E-state index contributed by atoms with van der Waals surface area (Å²) in [4.78, 5) is 8.82. The van der Waals surface area contributed by atoms with E-state index in [-0.39, 0.29) is 0 Å². The Morgan fingerprint density at radius 3 is 2.50 bits per heavy atom. The van der Waals surface area contributed by atoms with Crippen molar-refractivity contribution in [2.45, 2.75) is 45.2 Å². The van der Waals surface area contributed by atoms with Crippen LogP contribution in [0, 0.1) is 30.6 Å². The van der Waals surface area contributed by atoms with Crippen molar-refractivity contribution in [3.63, 3.8) is 0 Å². The highest BCUT2D eigenvalue weighted by Gasteiger charge is 2.64. The lowest BCUT2D eigenvalue weighted by molar-refractivity contribution is 0.428. The van der Waals surface area contributed by atoms with Crippen molar-refractivity contribution in [1.82, 2.24) is 15.3 Å². The second-order valence-electron chi connectivity index (χ2n) is 6.43. The quantitative estimate of drug-likeness (QED) is 0.886. The van der Waals surface area contributed by atoms with E-state index in [0.717, 1.165) is 41.1 Å². The van der Waals surface area contributed by atoms with Gasteiger partial charge >= 0.3 is 0 Å². The molecule has 0 spiro atoms. The zero-order chi connectivity index (χ0) is 12.3. The third kappa shape index (κ3) is 1.46. The van der Waals surface area contributed by atoms with Crippen LogP contribution in [0.2, 0.25) is 0 Å². The van der Waals surface area contributed by atoms with Gasteiger partial charge in [0.2, 0.25) is 0 Å². The lowest BCUT2D eigenvalue weighted by Crippen LogP contribution is -2.27. The fraction of sp³-hybridized carbons (Fsp3) is 0.733. The van der Waals surface area contributed by atoms with Gasteiger partial charge in [-0.2, -0.15) is 0 Å². The zero-order valence-corrected chi connectivity index (χ0v) is 11.1. The SMILES string of the molecule is Cc1nccnc1C(C)NC1C2C3CCC(C3)C12. The molecule has 1 heterocycles. The summed E-state index contributed by atoms with van der Waals surface area (Å²) in [5, 5.41) is 3.81. The van der Waals surface area contributed by atoms with Crippen molar-refractivity contribution in [2.24, 2.45) is 23.7 Å². The molecule has 2 bridgehead atoms. The molecule has 3 heteroatoms. The van der Waals surface area contributed by atoms with E-state index in [1.54, 1.807) is 12.4 Å². The second kappa shape index (κ2) is 3.77. The predicted octanol–water partition coefficient (Wildman–Crippen LogP) is 2.48. The third-order valence-corrected chi connectivity index (χ3v) is 5.51. The molecule has 3 aliphatic rings. The normalized spacial score (nSPS) is 41.8. The van der Waals surface area contributed by atoms with Crippen LogP contribution in [-0.4, -0.2) is 16.0 Å². The molecule has 1 aromatic rings. The summed E-state index contributed by atoms with van der Waals surface area (Å²) >= 11 is 0. The number of fused-ring (bicyclic) bond motifs is 5. The van der Waals surface area contributed by atoms with Gasteiger partial charge in [0.25, 0.3) is 0 Å². The predicted molar refractivity (Wildman–Crippen MR) is 69.9 cm³/mol. The van der Waals surface area contributed by atoms with Gasteiger partial charge in [0.1, 0.15) is 0 Å². The average molecular weight is 243 g/mol. The minimum absolute atomic E-state index is 0.341. The Hall–Kier alpha value is -0.960. The van der Waals surface area contributed by atoms with Crippen LogP contribution in [0.15, 0.2) is 12.4 Å². The van der Waals surface area contributed by atoms with E-state index in [4.69, 9.17) is 0 Å². The monoisotopic (exact) mass is 243 g/mol. The molecule has 5 unspecified atom stereocenters. The fourth-order valence-electron chi connectivity index (χ4n) is 4.76. The van der Waals surface area contributed by atoms with Gasteiger partial charge in [0.05, 0.1) is 11.4 Å². The Morgan fingerprint density at radius 1 is 1.17 bits per heavy atom. The van der Waals surface area contributed by atoms with Crippen molar-refractivity contribution < 1.29 is 0 Å². The molecule has 0 aromatic carbocycles. The topological polar surface area (TPSA) is 37.8 Å². The first-order valence-electron chi connectivity index (χ1n) is 7.29. The smallest absolute Gasteiger partial charge is 0.0782 e. The molecule has 3 aliphatic carbocycles. The molecule has 5 atom stereocenters. The highest BCUT2D eigenvalue weighted by atomic mass is 15.1. The van der Waals surface area contributed by atoms with E-state index in [2.05, 4.69) is 29.1 Å². The molecular formula is C15H21N3. The standard InChI is InChI=1S/C15H21N3/c1-8-14(17-6-5-16-8)9(2)18-15-12-10-3-4-11(7-10)13(12)15/h5-6,9-13,15,18H,3-4,7H2,1-2H3. The maximum Gasteiger partial charge on any atom is 0.0782 e. The largest absolute Gasteiger partial charge is 0.305 e. The van der Waals surface area contributed by atoms with Gasteiger partial charge in [-0.3, -0.25) is 9.97 Å². The van der Waals surface area contributed by atoms with Gasteiger partial charge in [0, 0.05) is 24.5 Å². The van der Waals surface area contributed by atoms with E-state index in [0.29, 0.717) is 6.04 Å². The summed E-state index contributed by atoms with van der Waals surface area (Å²) in [6.45, 7) is 4.28. The van der Waals surface area contributed by atoms with Crippen molar-refractivity contribution in [3.8, 4) is 0 Å². The molecule has 1 N–H and O–H groups in total. The van der Waals surface area contributed by atoms with Crippen molar-refractivity contribution in [2.75, 3.05) is 0 Å². The van der Waals surface area contributed by atoms with E-state index in [1.165, 1.54) is 19.3 Å². The summed E-state index contributed by atoms with van der Waals surface area (Å²) in [5.74, 6) is 4.05. The zero-order valence-electron chi connectivity index (χ0n) is 11.1. The molecule has 4 rings (SSSR count).